The van der Waals surface area contributed by atoms with Crippen LogP contribution in [0, 0.1) is 0 Å². The fourth-order valence-electron chi connectivity index (χ4n) is 3.12. The van der Waals surface area contributed by atoms with Crippen molar-refractivity contribution in [1.82, 2.24) is 9.88 Å². The molecule has 0 spiro atoms. The Morgan fingerprint density at radius 2 is 1.44 bits per heavy atom. The number of fused-ring (bicyclic) bond motifs is 1. The summed E-state index contributed by atoms with van der Waals surface area (Å²) in [5, 5.41) is 9.38. The van der Waals surface area contributed by atoms with Crippen LogP contribution in [0.1, 0.15) is 36.9 Å². The van der Waals surface area contributed by atoms with Crippen LogP contribution in [0.5, 0.6) is 0 Å². The number of pyridine rings is 1. The quantitative estimate of drug-likeness (QED) is 0.724. The minimum absolute atomic E-state index is 0.0900. The Labute approximate surface area is 154 Å². The van der Waals surface area contributed by atoms with E-state index < -0.39 is 17.8 Å². The van der Waals surface area contributed by atoms with Gasteiger partial charge in [0.2, 0.25) is 0 Å². The van der Waals surface area contributed by atoms with Gasteiger partial charge in [-0.2, -0.15) is 0 Å². The molecule has 27 heavy (non-hydrogen) atoms. The average Bonchev–Trinajstić information content (AvgIpc) is 2.93. The van der Waals surface area contributed by atoms with Gasteiger partial charge >= 0.3 is 5.97 Å². The molecule has 2 aromatic carbocycles. The SMILES string of the molecule is O=C(O)c1cc(-c2ccccc2)cc(CN2C(=O)c3ccccc3C2=O)n1. The predicted octanol–water partition coefficient (Wildman–Crippen LogP) is 3.24. The Morgan fingerprint density at radius 3 is 2.04 bits per heavy atom. The lowest BCUT2D eigenvalue weighted by Gasteiger charge is -2.14. The summed E-state index contributed by atoms with van der Waals surface area (Å²) in [4.78, 5) is 41.8. The van der Waals surface area contributed by atoms with E-state index in [-0.39, 0.29) is 12.2 Å². The van der Waals surface area contributed by atoms with Gasteiger partial charge < -0.3 is 5.11 Å². The molecule has 0 radical (unpaired) electrons. The summed E-state index contributed by atoms with van der Waals surface area (Å²) in [6, 6.07) is 19.0. The highest BCUT2D eigenvalue weighted by Gasteiger charge is 2.35. The summed E-state index contributed by atoms with van der Waals surface area (Å²) < 4.78 is 0. The van der Waals surface area contributed by atoms with E-state index in [1.807, 2.05) is 30.3 Å². The standard InChI is InChI=1S/C21H14N2O4/c24-19-16-8-4-5-9-17(16)20(25)23(19)12-15-10-14(11-18(22-15)21(26)27)13-6-2-1-3-7-13/h1-11H,12H2,(H,26,27). The molecule has 4 rings (SSSR count). The van der Waals surface area contributed by atoms with Gasteiger partial charge in [-0.15, -0.1) is 0 Å². The van der Waals surface area contributed by atoms with Crippen molar-refractivity contribution in [2.75, 3.05) is 0 Å². The summed E-state index contributed by atoms with van der Waals surface area (Å²) in [7, 11) is 0. The molecular formula is C21H14N2O4. The van der Waals surface area contributed by atoms with E-state index in [0.29, 0.717) is 22.4 Å². The number of hydrogen-bond acceptors (Lipinski definition) is 4. The molecule has 2 heterocycles. The molecule has 0 unspecified atom stereocenters. The molecule has 2 amide bonds. The molecular weight excluding hydrogens is 344 g/mol. The largest absolute Gasteiger partial charge is 0.477 e. The zero-order valence-electron chi connectivity index (χ0n) is 14.1. The van der Waals surface area contributed by atoms with Crippen LogP contribution in [0.2, 0.25) is 0 Å². The first-order valence-corrected chi connectivity index (χ1v) is 8.29. The number of carbonyl (C=O) groups excluding carboxylic acids is 2. The van der Waals surface area contributed by atoms with E-state index in [0.717, 1.165) is 10.5 Å². The van der Waals surface area contributed by atoms with Crippen LogP contribution in [-0.2, 0) is 6.54 Å². The van der Waals surface area contributed by atoms with E-state index in [1.165, 1.54) is 6.07 Å². The summed E-state index contributed by atoms with van der Waals surface area (Å²) in [5.74, 6) is -1.98. The first-order valence-electron chi connectivity index (χ1n) is 8.29. The number of imide groups is 1. The van der Waals surface area contributed by atoms with E-state index in [1.54, 1.807) is 30.3 Å². The van der Waals surface area contributed by atoms with Crippen molar-refractivity contribution >= 4 is 17.8 Å². The Bertz CT molecular complexity index is 1040. The number of hydrogen-bond donors (Lipinski definition) is 1. The van der Waals surface area contributed by atoms with Crippen LogP contribution in [0.4, 0.5) is 0 Å². The molecule has 6 nitrogen and oxygen atoms in total. The van der Waals surface area contributed by atoms with Crippen LogP contribution in [-0.4, -0.2) is 32.8 Å². The number of aromatic nitrogens is 1. The molecule has 0 atom stereocenters. The fraction of sp³-hybridized carbons (Fsp3) is 0.0476. The molecule has 3 aromatic rings. The van der Waals surface area contributed by atoms with Crippen molar-refractivity contribution in [2.24, 2.45) is 0 Å². The van der Waals surface area contributed by atoms with Crippen LogP contribution in [0.15, 0.2) is 66.7 Å². The van der Waals surface area contributed by atoms with E-state index in [9.17, 15) is 19.5 Å². The second-order valence-corrected chi connectivity index (χ2v) is 6.15. The number of benzene rings is 2. The zero-order valence-corrected chi connectivity index (χ0v) is 14.1. The Hall–Kier alpha value is -3.80. The van der Waals surface area contributed by atoms with Gasteiger partial charge in [-0.05, 0) is 35.4 Å². The van der Waals surface area contributed by atoms with Crippen molar-refractivity contribution in [3.8, 4) is 11.1 Å². The molecule has 0 bridgehead atoms. The summed E-state index contributed by atoms with van der Waals surface area (Å²) in [5.41, 5.74) is 2.38. The maximum Gasteiger partial charge on any atom is 0.354 e. The number of carbonyl (C=O) groups is 3. The third-order valence-electron chi connectivity index (χ3n) is 4.40. The monoisotopic (exact) mass is 358 g/mol. The van der Waals surface area contributed by atoms with E-state index >= 15 is 0 Å². The average molecular weight is 358 g/mol. The lowest BCUT2D eigenvalue weighted by molar-refractivity contribution is 0.0640. The van der Waals surface area contributed by atoms with Gasteiger partial charge in [-0.3, -0.25) is 14.5 Å². The molecule has 0 saturated heterocycles. The molecule has 6 heteroatoms. The Balaban J connectivity index is 1.72. The number of rotatable bonds is 4. The highest BCUT2D eigenvalue weighted by atomic mass is 16.4. The number of carboxylic acids is 1. The molecule has 1 aliphatic rings. The normalized spacial score (nSPS) is 13.0. The smallest absolute Gasteiger partial charge is 0.354 e. The molecule has 0 aliphatic carbocycles. The molecule has 1 aliphatic heterocycles. The van der Waals surface area contributed by atoms with Crippen molar-refractivity contribution in [3.05, 3.63) is 89.2 Å². The molecule has 0 saturated carbocycles. The Morgan fingerprint density at radius 1 is 0.852 bits per heavy atom. The van der Waals surface area contributed by atoms with Crippen LogP contribution in [0.3, 0.4) is 0 Å². The maximum absolute atomic E-state index is 12.5. The third-order valence-corrected chi connectivity index (χ3v) is 4.40. The molecule has 1 aromatic heterocycles. The van der Waals surface area contributed by atoms with Crippen molar-refractivity contribution in [3.63, 3.8) is 0 Å². The second-order valence-electron chi connectivity index (χ2n) is 6.15. The van der Waals surface area contributed by atoms with Crippen molar-refractivity contribution in [1.29, 1.82) is 0 Å². The zero-order chi connectivity index (χ0) is 19.0. The fourth-order valence-corrected chi connectivity index (χ4v) is 3.12. The third kappa shape index (κ3) is 2.97. The van der Waals surface area contributed by atoms with E-state index in [2.05, 4.69) is 4.98 Å². The van der Waals surface area contributed by atoms with Gasteiger partial charge in [0.15, 0.2) is 0 Å². The molecule has 1 N–H and O–H groups in total. The van der Waals surface area contributed by atoms with Crippen LogP contribution in [0.25, 0.3) is 11.1 Å². The minimum atomic E-state index is -1.17. The number of aromatic carboxylic acids is 1. The summed E-state index contributed by atoms with van der Waals surface area (Å²) in [6.45, 7) is -0.0900. The van der Waals surface area contributed by atoms with Gasteiger partial charge in [0.1, 0.15) is 5.69 Å². The highest BCUT2D eigenvalue weighted by Crippen LogP contribution is 2.26. The van der Waals surface area contributed by atoms with Gasteiger partial charge in [0, 0.05) is 0 Å². The predicted molar refractivity (Wildman–Crippen MR) is 97.3 cm³/mol. The van der Waals surface area contributed by atoms with Crippen molar-refractivity contribution in [2.45, 2.75) is 6.54 Å². The molecule has 132 valence electrons. The number of carboxylic acid groups (broad SMARTS) is 1. The second kappa shape index (κ2) is 6.49. The van der Waals surface area contributed by atoms with Crippen LogP contribution < -0.4 is 0 Å². The lowest BCUT2D eigenvalue weighted by atomic mass is 10.0. The van der Waals surface area contributed by atoms with Gasteiger partial charge in [0.05, 0.1) is 23.4 Å². The molecule has 0 fully saturated rings. The lowest BCUT2D eigenvalue weighted by Crippen LogP contribution is -2.29. The number of amides is 2. The minimum Gasteiger partial charge on any atom is -0.477 e. The number of nitrogens with zero attached hydrogens (tertiary/aromatic N) is 2. The van der Waals surface area contributed by atoms with Gasteiger partial charge in [0.25, 0.3) is 11.8 Å². The van der Waals surface area contributed by atoms with Crippen molar-refractivity contribution < 1.29 is 19.5 Å². The first-order chi connectivity index (χ1) is 13.0. The maximum atomic E-state index is 12.5. The summed E-state index contributed by atoms with van der Waals surface area (Å²) in [6.07, 6.45) is 0. The van der Waals surface area contributed by atoms with Gasteiger partial charge in [-0.1, -0.05) is 42.5 Å². The highest BCUT2D eigenvalue weighted by molar-refractivity contribution is 6.21. The first kappa shape index (κ1) is 16.7. The van der Waals surface area contributed by atoms with Gasteiger partial charge in [-0.25, -0.2) is 9.78 Å². The van der Waals surface area contributed by atoms with E-state index in [4.69, 9.17) is 0 Å². The van der Waals surface area contributed by atoms with Crippen LogP contribution >= 0.6 is 0 Å². The Kier molecular flexibility index (Phi) is 4.01. The topological polar surface area (TPSA) is 87.6 Å². The summed E-state index contributed by atoms with van der Waals surface area (Å²) >= 11 is 0.